The predicted molar refractivity (Wildman–Crippen MR) is 86.0 cm³/mol. The van der Waals surface area contributed by atoms with Gasteiger partial charge in [-0.15, -0.1) is 0 Å². The molecule has 2 aliphatic rings. The lowest BCUT2D eigenvalue weighted by Gasteiger charge is -2.32. The number of piperidine rings is 2. The summed E-state index contributed by atoms with van der Waals surface area (Å²) in [7, 11) is 0. The van der Waals surface area contributed by atoms with Gasteiger partial charge in [0.05, 0.1) is 0 Å². The Morgan fingerprint density at radius 2 is 1.80 bits per heavy atom. The molecule has 0 bridgehead atoms. The monoisotopic (exact) mass is 280 g/mol. The number of likely N-dealkylation sites (tertiary alicyclic amines) is 2. The van der Waals surface area contributed by atoms with E-state index in [2.05, 4.69) is 28.6 Å². The standard InChI is InChI=1S/C16H32N4/c1-14-7-12-20(13-8-14)16(17)18-9-6-15(2)19-10-4-3-5-11-19/h14-15H,3-13H2,1-2H3,(H2,17,18). The molecule has 0 amide bonds. The predicted octanol–water partition coefficient (Wildman–Crippen LogP) is 2.30. The molecule has 20 heavy (non-hydrogen) atoms. The largest absolute Gasteiger partial charge is 0.370 e. The second-order valence-corrected chi connectivity index (χ2v) is 6.64. The van der Waals surface area contributed by atoms with E-state index in [0.717, 1.165) is 37.9 Å². The van der Waals surface area contributed by atoms with Gasteiger partial charge in [-0.05, 0) is 58.0 Å². The van der Waals surface area contributed by atoms with Gasteiger partial charge in [0.25, 0.3) is 0 Å². The molecule has 2 fully saturated rings. The zero-order valence-electron chi connectivity index (χ0n) is 13.4. The molecule has 1 atom stereocenters. The molecule has 0 aromatic rings. The first-order valence-corrected chi connectivity index (χ1v) is 8.45. The van der Waals surface area contributed by atoms with Crippen molar-refractivity contribution in [1.82, 2.24) is 9.80 Å². The molecule has 0 aromatic heterocycles. The van der Waals surface area contributed by atoms with Gasteiger partial charge >= 0.3 is 0 Å². The summed E-state index contributed by atoms with van der Waals surface area (Å²) < 4.78 is 0. The molecule has 2 rings (SSSR count). The molecule has 0 saturated carbocycles. The fourth-order valence-corrected chi connectivity index (χ4v) is 3.25. The number of hydrogen-bond acceptors (Lipinski definition) is 2. The van der Waals surface area contributed by atoms with Crippen molar-refractivity contribution in [1.29, 1.82) is 0 Å². The summed E-state index contributed by atoms with van der Waals surface area (Å²) in [6, 6.07) is 0.647. The summed E-state index contributed by atoms with van der Waals surface area (Å²) in [4.78, 5) is 9.47. The smallest absolute Gasteiger partial charge is 0.191 e. The number of aliphatic imine (C=N–C) groups is 1. The van der Waals surface area contributed by atoms with Gasteiger partial charge in [0.15, 0.2) is 5.96 Å². The summed E-state index contributed by atoms with van der Waals surface area (Å²) in [5, 5.41) is 0. The van der Waals surface area contributed by atoms with Crippen molar-refractivity contribution in [2.75, 3.05) is 32.7 Å². The highest BCUT2D eigenvalue weighted by atomic mass is 15.3. The van der Waals surface area contributed by atoms with Gasteiger partial charge in [0.2, 0.25) is 0 Å². The Balaban J connectivity index is 1.69. The van der Waals surface area contributed by atoms with E-state index in [1.54, 1.807) is 0 Å². The zero-order valence-corrected chi connectivity index (χ0v) is 13.4. The summed E-state index contributed by atoms with van der Waals surface area (Å²) in [5.74, 6) is 1.61. The minimum atomic E-state index is 0.647. The van der Waals surface area contributed by atoms with E-state index in [-0.39, 0.29) is 0 Å². The molecule has 4 heteroatoms. The Morgan fingerprint density at radius 3 is 2.45 bits per heavy atom. The van der Waals surface area contributed by atoms with Gasteiger partial charge in [-0.25, -0.2) is 0 Å². The quantitative estimate of drug-likeness (QED) is 0.635. The Bertz CT molecular complexity index is 302. The highest BCUT2D eigenvalue weighted by Crippen LogP contribution is 2.16. The number of nitrogens with zero attached hydrogens (tertiary/aromatic N) is 3. The van der Waals surface area contributed by atoms with Gasteiger partial charge in [-0.1, -0.05) is 13.3 Å². The fraction of sp³-hybridized carbons (Fsp3) is 0.938. The van der Waals surface area contributed by atoms with E-state index < -0.39 is 0 Å². The maximum absolute atomic E-state index is 6.12. The number of hydrogen-bond donors (Lipinski definition) is 1. The lowest BCUT2D eigenvalue weighted by Crippen LogP contribution is -2.43. The van der Waals surface area contributed by atoms with Crippen LogP contribution in [0.4, 0.5) is 0 Å². The van der Waals surface area contributed by atoms with Gasteiger partial charge < -0.3 is 15.5 Å². The molecular formula is C16H32N4. The van der Waals surface area contributed by atoms with Crippen molar-refractivity contribution < 1.29 is 0 Å². The van der Waals surface area contributed by atoms with Crippen LogP contribution in [0.25, 0.3) is 0 Å². The number of nitrogens with two attached hydrogens (primary N) is 1. The molecule has 2 aliphatic heterocycles. The van der Waals surface area contributed by atoms with Crippen molar-refractivity contribution in [2.45, 2.75) is 58.4 Å². The molecular weight excluding hydrogens is 248 g/mol. The summed E-state index contributed by atoms with van der Waals surface area (Å²) in [5.41, 5.74) is 6.12. The molecule has 2 N–H and O–H groups in total. The molecule has 116 valence electrons. The summed E-state index contributed by atoms with van der Waals surface area (Å²) in [6.45, 7) is 10.2. The Labute approximate surface area is 124 Å². The van der Waals surface area contributed by atoms with E-state index in [1.165, 1.54) is 45.2 Å². The van der Waals surface area contributed by atoms with E-state index in [9.17, 15) is 0 Å². The molecule has 2 heterocycles. The van der Waals surface area contributed by atoms with Gasteiger partial charge in [-0.3, -0.25) is 4.99 Å². The van der Waals surface area contributed by atoms with Crippen LogP contribution in [0.5, 0.6) is 0 Å². The molecule has 0 spiro atoms. The maximum Gasteiger partial charge on any atom is 0.191 e. The molecule has 0 aromatic carbocycles. The first kappa shape index (κ1) is 15.6. The van der Waals surface area contributed by atoms with Crippen molar-refractivity contribution >= 4 is 5.96 Å². The first-order valence-electron chi connectivity index (χ1n) is 8.45. The van der Waals surface area contributed by atoms with Crippen molar-refractivity contribution in [3.63, 3.8) is 0 Å². The van der Waals surface area contributed by atoms with Crippen molar-refractivity contribution in [3.05, 3.63) is 0 Å². The third-order valence-corrected chi connectivity index (χ3v) is 4.94. The summed E-state index contributed by atoms with van der Waals surface area (Å²) >= 11 is 0. The number of rotatable bonds is 4. The van der Waals surface area contributed by atoms with Crippen LogP contribution in [-0.4, -0.2) is 54.5 Å². The third kappa shape index (κ3) is 4.65. The molecule has 0 aliphatic carbocycles. The topological polar surface area (TPSA) is 44.9 Å². The van der Waals surface area contributed by atoms with E-state index in [4.69, 9.17) is 5.73 Å². The normalized spacial score (nSPS) is 24.9. The molecule has 4 nitrogen and oxygen atoms in total. The average molecular weight is 280 g/mol. The lowest BCUT2D eigenvalue weighted by atomic mass is 10.00. The van der Waals surface area contributed by atoms with Gasteiger partial charge in [0, 0.05) is 25.7 Å². The van der Waals surface area contributed by atoms with Crippen LogP contribution in [0.1, 0.15) is 52.4 Å². The van der Waals surface area contributed by atoms with Crippen LogP contribution >= 0.6 is 0 Å². The van der Waals surface area contributed by atoms with Crippen LogP contribution in [-0.2, 0) is 0 Å². The second-order valence-electron chi connectivity index (χ2n) is 6.64. The fourth-order valence-electron chi connectivity index (χ4n) is 3.25. The SMILES string of the molecule is CC1CCN(C(N)=NCCC(C)N2CCCCC2)CC1. The van der Waals surface area contributed by atoms with Crippen LogP contribution < -0.4 is 5.73 Å². The third-order valence-electron chi connectivity index (χ3n) is 4.94. The van der Waals surface area contributed by atoms with E-state index in [1.807, 2.05) is 0 Å². The van der Waals surface area contributed by atoms with Crippen LogP contribution in [0.2, 0.25) is 0 Å². The van der Waals surface area contributed by atoms with Crippen molar-refractivity contribution in [3.8, 4) is 0 Å². The molecule has 0 radical (unpaired) electrons. The average Bonchev–Trinajstić information content (AvgIpc) is 2.48. The minimum Gasteiger partial charge on any atom is -0.370 e. The highest BCUT2D eigenvalue weighted by molar-refractivity contribution is 5.78. The lowest BCUT2D eigenvalue weighted by molar-refractivity contribution is 0.168. The van der Waals surface area contributed by atoms with Crippen LogP contribution in [0, 0.1) is 5.92 Å². The maximum atomic E-state index is 6.12. The van der Waals surface area contributed by atoms with Crippen LogP contribution in [0.3, 0.4) is 0 Å². The van der Waals surface area contributed by atoms with Crippen molar-refractivity contribution in [2.24, 2.45) is 16.6 Å². The zero-order chi connectivity index (χ0) is 14.4. The van der Waals surface area contributed by atoms with E-state index >= 15 is 0 Å². The number of guanidine groups is 1. The second kappa shape index (κ2) is 7.87. The highest BCUT2D eigenvalue weighted by Gasteiger charge is 2.18. The Kier molecular flexibility index (Phi) is 6.14. The first-order chi connectivity index (χ1) is 9.66. The molecule has 2 saturated heterocycles. The van der Waals surface area contributed by atoms with Gasteiger partial charge in [-0.2, -0.15) is 0 Å². The van der Waals surface area contributed by atoms with E-state index in [0.29, 0.717) is 6.04 Å². The minimum absolute atomic E-state index is 0.647. The Hall–Kier alpha value is -0.770. The summed E-state index contributed by atoms with van der Waals surface area (Å²) in [6.07, 6.45) is 7.76. The van der Waals surface area contributed by atoms with Crippen LogP contribution in [0.15, 0.2) is 4.99 Å². The van der Waals surface area contributed by atoms with Gasteiger partial charge in [0.1, 0.15) is 0 Å². The Morgan fingerprint density at radius 1 is 1.15 bits per heavy atom. The molecule has 1 unspecified atom stereocenters.